The highest BCUT2D eigenvalue weighted by Gasteiger charge is 2.18. The summed E-state index contributed by atoms with van der Waals surface area (Å²) in [4.78, 5) is 23.8. The van der Waals surface area contributed by atoms with E-state index in [1.807, 2.05) is 13.8 Å². The van der Waals surface area contributed by atoms with Crippen molar-refractivity contribution in [2.45, 2.75) is 26.9 Å². The molecule has 164 valence electrons. The highest BCUT2D eigenvalue weighted by atomic mass is 35.5. The van der Waals surface area contributed by atoms with Crippen molar-refractivity contribution in [1.29, 1.82) is 0 Å². The lowest BCUT2D eigenvalue weighted by atomic mass is 10.1. The monoisotopic (exact) mass is 457 g/mol. The average Bonchev–Trinajstić information content (AvgIpc) is 3.16. The maximum absolute atomic E-state index is 13.3. The zero-order chi connectivity index (χ0) is 23.0. The van der Waals surface area contributed by atoms with Crippen molar-refractivity contribution in [2.24, 2.45) is 0 Å². The molecule has 2 heterocycles. The van der Waals surface area contributed by atoms with E-state index in [0.29, 0.717) is 22.7 Å². The van der Waals surface area contributed by atoms with Crippen molar-refractivity contribution in [3.05, 3.63) is 58.5 Å². The number of aromatic nitrogens is 3. The van der Waals surface area contributed by atoms with Crippen molar-refractivity contribution < 1.29 is 28.2 Å². The van der Waals surface area contributed by atoms with Crippen LogP contribution < -0.4 is 9.47 Å². The molecule has 1 atom stereocenters. The Hall–Kier alpha value is -3.72. The number of rotatable bonds is 6. The Balaban J connectivity index is 1.62. The fourth-order valence-electron chi connectivity index (χ4n) is 3.03. The van der Waals surface area contributed by atoms with Crippen molar-refractivity contribution in [2.75, 3.05) is 0 Å². The lowest BCUT2D eigenvalue weighted by molar-refractivity contribution is -0.144. The number of benzene rings is 2. The number of fused-ring (bicyclic) bond motifs is 1. The zero-order valence-electron chi connectivity index (χ0n) is 17.2. The fraction of sp³-hybridized carbons (Fsp3) is 0.182. The third-order valence-electron chi connectivity index (χ3n) is 4.58. The third kappa shape index (κ3) is 4.33. The van der Waals surface area contributed by atoms with Gasteiger partial charge in [-0.25, -0.2) is 19.2 Å². The van der Waals surface area contributed by atoms with E-state index in [1.165, 1.54) is 31.3 Å². The number of halogens is 2. The second-order valence-corrected chi connectivity index (χ2v) is 7.48. The second kappa shape index (κ2) is 8.43. The normalized spacial score (nSPS) is 12.0. The Morgan fingerprint density at radius 1 is 1.19 bits per heavy atom. The molecule has 0 saturated heterocycles. The highest BCUT2D eigenvalue weighted by Crippen LogP contribution is 2.32. The molecule has 1 unspecified atom stereocenters. The quantitative estimate of drug-likeness (QED) is 0.413. The SMILES string of the molecule is Cc1cc(-c2nc3cnc(Oc4ccc(F)c(Cl)c4)nc3o2)cc(C)c1OC(C)C(=O)O. The molecule has 0 spiro atoms. The van der Waals surface area contributed by atoms with Gasteiger partial charge in [0.05, 0.1) is 11.2 Å². The van der Waals surface area contributed by atoms with Crippen LogP contribution in [0, 0.1) is 19.7 Å². The van der Waals surface area contributed by atoms with Gasteiger partial charge in [-0.3, -0.25) is 0 Å². The molecule has 0 bridgehead atoms. The maximum atomic E-state index is 13.3. The van der Waals surface area contributed by atoms with Gasteiger partial charge in [0.15, 0.2) is 6.10 Å². The second-order valence-electron chi connectivity index (χ2n) is 7.08. The van der Waals surface area contributed by atoms with Gasteiger partial charge in [-0.1, -0.05) is 11.6 Å². The topological polar surface area (TPSA) is 108 Å². The summed E-state index contributed by atoms with van der Waals surface area (Å²) in [6.07, 6.45) is 0.467. The van der Waals surface area contributed by atoms with Gasteiger partial charge in [-0.05, 0) is 56.2 Å². The van der Waals surface area contributed by atoms with E-state index < -0.39 is 17.9 Å². The van der Waals surface area contributed by atoms with Gasteiger partial charge >= 0.3 is 12.0 Å². The molecule has 8 nitrogen and oxygen atoms in total. The van der Waals surface area contributed by atoms with Crippen LogP contribution in [0.15, 0.2) is 40.9 Å². The van der Waals surface area contributed by atoms with E-state index >= 15 is 0 Å². The number of aryl methyl sites for hydroxylation is 2. The Labute approximate surface area is 186 Å². The van der Waals surface area contributed by atoms with Crippen LogP contribution in [0.2, 0.25) is 5.02 Å². The molecule has 4 rings (SSSR count). The third-order valence-corrected chi connectivity index (χ3v) is 4.87. The molecular formula is C22H17ClFN3O5. The summed E-state index contributed by atoms with van der Waals surface area (Å²) in [6, 6.07) is 7.46. The maximum Gasteiger partial charge on any atom is 0.344 e. The van der Waals surface area contributed by atoms with Gasteiger partial charge in [0.1, 0.15) is 22.8 Å². The molecule has 32 heavy (non-hydrogen) atoms. The number of carbonyl (C=O) groups is 1. The number of oxazole rings is 1. The van der Waals surface area contributed by atoms with E-state index in [4.69, 9.17) is 30.6 Å². The van der Waals surface area contributed by atoms with Crippen LogP contribution in [0.5, 0.6) is 17.5 Å². The lowest BCUT2D eigenvalue weighted by Crippen LogP contribution is -2.23. The first-order valence-electron chi connectivity index (χ1n) is 9.49. The summed E-state index contributed by atoms with van der Waals surface area (Å²) in [6.45, 7) is 5.08. The minimum atomic E-state index is -1.05. The molecule has 2 aromatic carbocycles. The first-order chi connectivity index (χ1) is 15.2. The summed E-state index contributed by atoms with van der Waals surface area (Å²) in [5.74, 6) is -0.539. The van der Waals surface area contributed by atoms with Crippen molar-refractivity contribution >= 4 is 28.8 Å². The number of hydrogen-bond donors (Lipinski definition) is 1. The summed E-state index contributed by atoms with van der Waals surface area (Å²) in [5.41, 5.74) is 2.76. The predicted octanol–water partition coefficient (Wildman–Crippen LogP) is 5.34. The van der Waals surface area contributed by atoms with Crippen LogP contribution >= 0.6 is 11.6 Å². The van der Waals surface area contributed by atoms with Crippen LogP contribution in [-0.2, 0) is 4.79 Å². The minimum absolute atomic E-state index is 0.0124. The van der Waals surface area contributed by atoms with Crippen molar-refractivity contribution in [1.82, 2.24) is 15.0 Å². The molecular weight excluding hydrogens is 441 g/mol. The first-order valence-corrected chi connectivity index (χ1v) is 9.86. The van der Waals surface area contributed by atoms with E-state index in [1.54, 1.807) is 12.1 Å². The van der Waals surface area contributed by atoms with E-state index in [-0.39, 0.29) is 22.5 Å². The van der Waals surface area contributed by atoms with Crippen LogP contribution in [-0.4, -0.2) is 32.1 Å². The summed E-state index contributed by atoms with van der Waals surface area (Å²) >= 11 is 5.76. The van der Waals surface area contributed by atoms with Crippen molar-refractivity contribution in [3.63, 3.8) is 0 Å². The smallest absolute Gasteiger partial charge is 0.344 e. The predicted molar refractivity (Wildman–Crippen MR) is 114 cm³/mol. The van der Waals surface area contributed by atoms with Gasteiger partial charge in [0, 0.05) is 11.6 Å². The molecule has 2 aromatic heterocycles. The largest absolute Gasteiger partial charge is 0.479 e. The van der Waals surface area contributed by atoms with Gasteiger partial charge in [0.2, 0.25) is 5.89 Å². The Kier molecular flexibility index (Phi) is 5.67. The van der Waals surface area contributed by atoms with Crippen LogP contribution in [0.25, 0.3) is 22.7 Å². The number of hydrogen-bond acceptors (Lipinski definition) is 7. The van der Waals surface area contributed by atoms with E-state index in [2.05, 4.69) is 15.0 Å². The van der Waals surface area contributed by atoms with Crippen LogP contribution in [0.1, 0.15) is 18.1 Å². The molecule has 0 aliphatic carbocycles. The average molecular weight is 458 g/mol. The standard InChI is InChI=1S/C22H17ClFN3O5/c1-10-6-13(7-11(2)18(10)30-12(3)21(28)29)19-26-17-9-25-22(27-20(17)32-19)31-14-4-5-16(24)15(23)8-14/h4-9,12H,1-3H3,(H,28,29). The van der Waals surface area contributed by atoms with Crippen molar-refractivity contribution in [3.8, 4) is 29.0 Å². The number of ether oxygens (including phenoxy) is 2. The zero-order valence-corrected chi connectivity index (χ0v) is 18.0. The summed E-state index contributed by atoms with van der Waals surface area (Å²) in [7, 11) is 0. The van der Waals surface area contributed by atoms with Gasteiger partial charge < -0.3 is 19.0 Å². The highest BCUT2D eigenvalue weighted by molar-refractivity contribution is 6.30. The molecule has 0 fully saturated rings. The fourth-order valence-corrected chi connectivity index (χ4v) is 3.20. The summed E-state index contributed by atoms with van der Waals surface area (Å²) < 4.78 is 30.2. The molecule has 0 saturated carbocycles. The van der Waals surface area contributed by atoms with Crippen LogP contribution in [0.3, 0.4) is 0 Å². The Morgan fingerprint density at radius 2 is 1.91 bits per heavy atom. The van der Waals surface area contributed by atoms with E-state index in [0.717, 1.165) is 11.1 Å². The van der Waals surface area contributed by atoms with E-state index in [9.17, 15) is 9.18 Å². The first kappa shape index (κ1) is 21.5. The molecule has 0 radical (unpaired) electrons. The molecule has 10 heteroatoms. The lowest BCUT2D eigenvalue weighted by Gasteiger charge is -2.16. The number of nitrogens with zero attached hydrogens (tertiary/aromatic N) is 3. The minimum Gasteiger partial charge on any atom is -0.479 e. The number of aliphatic carboxylic acids is 1. The molecule has 0 amide bonds. The molecule has 0 aliphatic heterocycles. The Bertz CT molecular complexity index is 1320. The van der Waals surface area contributed by atoms with Gasteiger partial charge in [0.25, 0.3) is 5.71 Å². The number of carboxylic acids is 1. The number of carboxylic acid groups (broad SMARTS) is 1. The van der Waals surface area contributed by atoms with Gasteiger partial charge in [-0.15, -0.1) is 0 Å². The molecule has 0 aliphatic rings. The van der Waals surface area contributed by atoms with Gasteiger partial charge in [-0.2, -0.15) is 4.98 Å². The summed E-state index contributed by atoms with van der Waals surface area (Å²) in [5, 5.41) is 9.00. The van der Waals surface area contributed by atoms with Crippen LogP contribution in [0.4, 0.5) is 4.39 Å². The Morgan fingerprint density at radius 3 is 2.56 bits per heavy atom. The molecule has 1 N–H and O–H groups in total. The molecule has 4 aromatic rings.